The van der Waals surface area contributed by atoms with Crippen LogP contribution in [0.15, 0.2) is 0 Å². The lowest BCUT2D eigenvalue weighted by Gasteiger charge is -2.51. The molecule has 530 valence electrons. The van der Waals surface area contributed by atoms with Gasteiger partial charge in [0.2, 0.25) is 6.10 Å². The van der Waals surface area contributed by atoms with Gasteiger partial charge >= 0.3 is 5.97 Å². The lowest BCUT2D eigenvalue weighted by atomic mass is 10.1. The van der Waals surface area contributed by atoms with E-state index in [2.05, 4.69) is 41.5 Å². The quantitative estimate of drug-likeness (QED) is 0.0456. The Labute approximate surface area is 551 Å². The van der Waals surface area contributed by atoms with E-state index in [9.17, 15) is 10.2 Å². The molecule has 0 aromatic heterocycles. The molecule has 0 amide bonds. The smallest absolute Gasteiger partial charge is 0.318 e. The molecule has 1 atom stereocenters. The largest absolute Gasteiger partial charge is 0.395 e. The second kappa shape index (κ2) is 72.5. The van der Waals surface area contributed by atoms with Crippen LogP contribution in [0.2, 0.25) is 0 Å². The van der Waals surface area contributed by atoms with E-state index in [1.54, 1.807) is 0 Å². The third-order valence-electron chi connectivity index (χ3n) is 18.6. The maximum absolute atomic E-state index is 11.1. The Kier molecular flexibility index (Phi) is 72.2. The van der Waals surface area contributed by atoms with Crippen molar-refractivity contribution in [2.75, 3.05) is 65.9 Å². The molecule has 0 aliphatic carbocycles. The number of rotatable bonds is 79. The molecule has 0 rings (SSSR count). The van der Waals surface area contributed by atoms with Gasteiger partial charge in [-0.15, -0.1) is 0 Å². The second-order valence-corrected chi connectivity index (χ2v) is 27.3. The third-order valence-corrected chi connectivity index (χ3v) is 18.6. The lowest BCUT2D eigenvalue weighted by Crippen LogP contribution is -2.71. The standard InChI is InChI=1S/C79H161NO8/c1-7-13-19-25-31-37-43-49-55-61-71-83-77(78(80(67-69-81)68-70-82,84-72-62-56-50-44-38-32-26-20-14-8-2)85-73-63-57-51-45-39-33-27-21-15-9-3)79(86-74-64-58-52-46-40-34-28-22-16-10-4,87-75-65-59-53-47-41-35-29-23-17-11-5)88-76-66-60-54-48-42-36-30-24-18-12-6/h77,81-82H,7-76H2,1-6H3. The van der Waals surface area contributed by atoms with Gasteiger partial charge in [-0.1, -0.05) is 388 Å². The zero-order valence-corrected chi connectivity index (χ0v) is 60.9. The molecule has 0 aliphatic heterocycles. The zero-order chi connectivity index (χ0) is 63.9. The number of unbranched alkanes of at least 4 members (excludes halogenated alkanes) is 54. The Morgan fingerprint density at radius 3 is 0.591 bits per heavy atom. The Balaban J connectivity index is 7.59. The number of hydrogen-bond donors (Lipinski definition) is 2. The molecule has 2 N–H and O–H groups in total. The van der Waals surface area contributed by atoms with E-state index in [0.717, 1.165) is 77.0 Å². The fraction of sp³-hybridized carbons (Fsp3) is 1.00. The molecule has 9 nitrogen and oxygen atoms in total. The molecule has 0 heterocycles. The second-order valence-electron chi connectivity index (χ2n) is 27.3. The molecule has 0 saturated heterocycles. The van der Waals surface area contributed by atoms with Crippen LogP contribution in [0.5, 0.6) is 0 Å². The van der Waals surface area contributed by atoms with Gasteiger partial charge in [0.05, 0.1) is 46.2 Å². The van der Waals surface area contributed by atoms with Crippen LogP contribution < -0.4 is 0 Å². The summed E-state index contributed by atoms with van der Waals surface area (Å²) in [5, 5.41) is 22.2. The highest BCUT2D eigenvalue weighted by atomic mass is 16.9. The van der Waals surface area contributed by atoms with E-state index < -0.39 is 18.0 Å². The van der Waals surface area contributed by atoms with E-state index in [4.69, 9.17) is 28.4 Å². The molecule has 0 saturated carbocycles. The number of aliphatic hydroxyl groups excluding tert-OH is 2. The van der Waals surface area contributed by atoms with Gasteiger partial charge in [-0.25, -0.2) is 4.90 Å². The van der Waals surface area contributed by atoms with Gasteiger partial charge in [-0.3, -0.25) is 0 Å². The van der Waals surface area contributed by atoms with Gasteiger partial charge in [-0.2, -0.15) is 0 Å². The van der Waals surface area contributed by atoms with Crippen LogP contribution >= 0.6 is 0 Å². The maximum atomic E-state index is 11.1. The molecule has 0 spiro atoms. The average Bonchev–Trinajstić information content (AvgIpc) is 1.86. The van der Waals surface area contributed by atoms with Crippen molar-refractivity contribution < 1.29 is 38.6 Å². The minimum Gasteiger partial charge on any atom is -0.395 e. The van der Waals surface area contributed by atoms with Gasteiger partial charge in [0.1, 0.15) is 0 Å². The van der Waals surface area contributed by atoms with E-state index in [1.807, 2.05) is 4.90 Å². The Hall–Kier alpha value is -0.360. The van der Waals surface area contributed by atoms with Crippen molar-refractivity contribution in [2.45, 2.75) is 445 Å². The van der Waals surface area contributed by atoms with Crippen LogP contribution in [-0.2, 0) is 28.4 Å². The molecular formula is C79H161NO8. The van der Waals surface area contributed by atoms with Crippen molar-refractivity contribution in [3.8, 4) is 0 Å². The first-order valence-corrected chi connectivity index (χ1v) is 40.3. The van der Waals surface area contributed by atoms with Gasteiger partial charge in [0.25, 0.3) is 5.91 Å². The van der Waals surface area contributed by atoms with Gasteiger partial charge < -0.3 is 38.6 Å². The monoisotopic (exact) mass is 1250 g/mol. The molecule has 0 bridgehead atoms. The number of hydrogen-bond acceptors (Lipinski definition) is 9. The summed E-state index contributed by atoms with van der Waals surface area (Å²) in [6.07, 6.45) is 73.1. The van der Waals surface area contributed by atoms with Crippen molar-refractivity contribution in [3.05, 3.63) is 0 Å². The average molecular weight is 1250 g/mol. The first kappa shape index (κ1) is 87.6. The van der Waals surface area contributed by atoms with Crippen LogP contribution in [0.25, 0.3) is 0 Å². The van der Waals surface area contributed by atoms with E-state index >= 15 is 0 Å². The molecule has 0 aromatic carbocycles. The first-order chi connectivity index (χ1) is 43.5. The van der Waals surface area contributed by atoms with Crippen LogP contribution in [0.1, 0.15) is 427 Å². The molecule has 0 fully saturated rings. The highest BCUT2D eigenvalue weighted by Gasteiger charge is 2.61. The van der Waals surface area contributed by atoms with E-state index in [0.29, 0.717) is 39.6 Å². The van der Waals surface area contributed by atoms with Crippen LogP contribution in [0.4, 0.5) is 0 Å². The summed E-state index contributed by atoms with van der Waals surface area (Å²) in [7, 11) is 0. The molecule has 9 heteroatoms. The fourth-order valence-corrected chi connectivity index (χ4v) is 12.8. The summed E-state index contributed by atoms with van der Waals surface area (Å²) in [5.74, 6) is -3.23. The Morgan fingerprint density at radius 2 is 0.398 bits per heavy atom. The fourth-order valence-electron chi connectivity index (χ4n) is 12.8. The van der Waals surface area contributed by atoms with Gasteiger partial charge in [0, 0.05) is 19.7 Å². The van der Waals surface area contributed by atoms with Crippen molar-refractivity contribution in [2.24, 2.45) is 0 Å². The molecule has 88 heavy (non-hydrogen) atoms. The Bertz CT molecular complexity index is 1180. The predicted molar refractivity (Wildman–Crippen MR) is 382 cm³/mol. The summed E-state index contributed by atoms with van der Waals surface area (Å²) in [5.41, 5.74) is 0. The van der Waals surface area contributed by atoms with Crippen LogP contribution in [0, 0.1) is 0 Å². The summed E-state index contributed by atoms with van der Waals surface area (Å²) < 4.78 is 44.9. The number of aliphatic hydroxyl groups is 2. The minimum atomic E-state index is -1.66. The van der Waals surface area contributed by atoms with Crippen molar-refractivity contribution in [1.29, 1.82) is 0 Å². The van der Waals surface area contributed by atoms with Crippen molar-refractivity contribution in [3.63, 3.8) is 0 Å². The SMILES string of the molecule is CCCCCCCCCCCCOC(C(OCCCCCCCCCCCC)(OCCCCCCCCCCCC)OCCCCCCCCCCCC)C(OCCCCCCCCCCCC)(OCCCCCCCCCCCC)N(CCO)CCO. The highest BCUT2D eigenvalue weighted by molar-refractivity contribution is 4.91. The molecule has 0 aromatic rings. The minimum absolute atomic E-state index is 0.123. The molecule has 0 aliphatic rings. The topological polar surface area (TPSA) is 99.1 Å². The third kappa shape index (κ3) is 53.9. The van der Waals surface area contributed by atoms with Crippen molar-refractivity contribution in [1.82, 2.24) is 4.90 Å². The zero-order valence-electron chi connectivity index (χ0n) is 60.9. The van der Waals surface area contributed by atoms with Gasteiger partial charge in [-0.05, 0) is 38.5 Å². The molecule has 0 radical (unpaired) electrons. The summed E-state index contributed by atoms with van der Waals surface area (Å²) in [4.78, 5) is 2.04. The van der Waals surface area contributed by atoms with Crippen molar-refractivity contribution >= 4 is 0 Å². The molecular weight excluding hydrogens is 1090 g/mol. The first-order valence-electron chi connectivity index (χ1n) is 40.3. The lowest BCUT2D eigenvalue weighted by molar-refractivity contribution is -0.481. The maximum Gasteiger partial charge on any atom is 0.318 e. The summed E-state index contributed by atoms with van der Waals surface area (Å²) in [6, 6.07) is 0. The normalized spacial score (nSPS) is 12.6. The summed E-state index contributed by atoms with van der Waals surface area (Å²) >= 11 is 0. The number of ether oxygens (including phenoxy) is 6. The van der Waals surface area contributed by atoms with E-state index in [-0.39, 0.29) is 26.3 Å². The molecule has 1 unspecified atom stereocenters. The van der Waals surface area contributed by atoms with Crippen LogP contribution in [0.3, 0.4) is 0 Å². The highest BCUT2D eigenvalue weighted by Crippen LogP contribution is 2.39. The van der Waals surface area contributed by atoms with E-state index in [1.165, 1.54) is 308 Å². The predicted octanol–water partition coefficient (Wildman–Crippen LogP) is 24.6. The summed E-state index contributed by atoms with van der Waals surface area (Å²) in [6.45, 7) is 16.8. The van der Waals surface area contributed by atoms with Crippen LogP contribution in [-0.4, -0.2) is 99.0 Å². The van der Waals surface area contributed by atoms with Gasteiger partial charge in [0.15, 0.2) is 0 Å². The Morgan fingerprint density at radius 1 is 0.227 bits per heavy atom. The number of nitrogens with zero attached hydrogens (tertiary/aromatic N) is 1.